The van der Waals surface area contributed by atoms with Gasteiger partial charge in [-0.3, -0.25) is 5.32 Å². The molecule has 0 amide bonds. The number of para-hydroxylation sites is 1. The lowest BCUT2D eigenvalue weighted by Crippen LogP contribution is -2.32. The van der Waals surface area contributed by atoms with Crippen molar-refractivity contribution in [2.24, 2.45) is 0 Å². The molecule has 1 unspecified atom stereocenters. The molecular weight excluding hydrogens is 220 g/mol. The van der Waals surface area contributed by atoms with E-state index in [1.165, 1.54) is 0 Å². The molecule has 3 N–H and O–H groups in total. The van der Waals surface area contributed by atoms with E-state index in [0.717, 1.165) is 28.6 Å². The van der Waals surface area contributed by atoms with E-state index in [4.69, 9.17) is 9.84 Å². The lowest BCUT2D eigenvalue weighted by molar-refractivity contribution is 0.0316. The second-order valence-electron chi connectivity index (χ2n) is 4.03. The van der Waals surface area contributed by atoms with Crippen molar-refractivity contribution in [3.63, 3.8) is 0 Å². The highest BCUT2D eigenvalue weighted by atomic mass is 16.7. The van der Waals surface area contributed by atoms with Crippen molar-refractivity contribution in [3.8, 4) is 0 Å². The van der Waals surface area contributed by atoms with Gasteiger partial charge in [-0.15, -0.1) is 0 Å². The number of hydrogen-bond donors (Lipinski definition) is 3. The molecule has 0 fully saturated rings. The van der Waals surface area contributed by atoms with Crippen molar-refractivity contribution in [1.29, 1.82) is 0 Å². The van der Waals surface area contributed by atoms with E-state index in [2.05, 4.69) is 10.3 Å². The summed E-state index contributed by atoms with van der Waals surface area (Å²) in [6.07, 6.45) is -0.989. The van der Waals surface area contributed by atoms with Crippen LogP contribution in [-0.4, -0.2) is 22.8 Å². The molecule has 1 aromatic carbocycles. The number of aromatic nitrogens is 1. The number of hydrogen-bond acceptors (Lipinski definition) is 3. The highest BCUT2D eigenvalue weighted by Crippen LogP contribution is 2.30. The number of nitrogens with one attached hydrogen (secondary N) is 2. The molecular formula is C12H12N2O3. The SMILES string of the molecule is O=C(O)OC1NCCc2c1[nH]c1ccccc21. The smallest absolute Gasteiger partial charge is 0.450 e. The van der Waals surface area contributed by atoms with E-state index < -0.39 is 12.4 Å². The Bertz CT molecular complexity index is 576. The minimum atomic E-state index is -1.27. The predicted octanol–water partition coefficient (Wildman–Crippen LogP) is 2.01. The standard InChI is InChI=1S/C12H12N2O3/c15-12(16)17-11-10-8(5-6-13-11)7-3-1-2-4-9(7)14-10/h1-4,11,13-14H,5-6H2,(H,15,16). The van der Waals surface area contributed by atoms with Crippen LogP contribution in [0.5, 0.6) is 0 Å². The Morgan fingerprint density at radius 2 is 2.24 bits per heavy atom. The maximum absolute atomic E-state index is 10.6. The highest BCUT2D eigenvalue weighted by Gasteiger charge is 2.26. The Balaban J connectivity index is 2.10. The van der Waals surface area contributed by atoms with Crippen LogP contribution in [0.1, 0.15) is 17.5 Å². The largest absolute Gasteiger partial charge is 0.507 e. The first-order valence-corrected chi connectivity index (χ1v) is 5.48. The minimum absolute atomic E-state index is 0.594. The molecule has 0 bridgehead atoms. The molecule has 3 rings (SSSR count). The lowest BCUT2D eigenvalue weighted by atomic mass is 10.0. The Labute approximate surface area is 97.4 Å². The van der Waals surface area contributed by atoms with Gasteiger partial charge >= 0.3 is 6.16 Å². The Hall–Kier alpha value is -2.01. The van der Waals surface area contributed by atoms with E-state index in [1.807, 2.05) is 24.3 Å². The molecule has 1 aliphatic rings. The van der Waals surface area contributed by atoms with Gasteiger partial charge in [0.15, 0.2) is 6.23 Å². The molecule has 17 heavy (non-hydrogen) atoms. The van der Waals surface area contributed by atoms with Crippen molar-refractivity contribution in [2.45, 2.75) is 12.6 Å². The van der Waals surface area contributed by atoms with Gasteiger partial charge in [0.2, 0.25) is 0 Å². The Morgan fingerprint density at radius 1 is 1.41 bits per heavy atom. The first-order chi connectivity index (χ1) is 8.25. The summed E-state index contributed by atoms with van der Waals surface area (Å²) >= 11 is 0. The van der Waals surface area contributed by atoms with Crippen LogP contribution >= 0.6 is 0 Å². The summed E-state index contributed by atoms with van der Waals surface area (Å²) in [5, 5.41) is 12.9. The van der Waals surface area contributed by atoms with Crippen LogP contribution in [0.2, 0.25) is 0 Å². The molecule has 5 heteroatoms. The van der Waals surface area contributed by atoms with E-state index in [9.17, 15) is 4.79 Å². The molecule has 2 aromatic rings. The average Bonchev–Trinajstić information content (AvgIpc) is 2.68. The number of ether oxygens (including phenoxy) is 1. The van der Waals surface area contributed by atoms with Crippen molar-refractivity contribution in [3.05, 3.63) is 35.5 Å². The Morgan fingerprint density at radius 3 is 3.06 bits per heavy atom. The zero-order valence-electron chi connectivity index (χ0n) is 9.06. The van der Waals surface area contributed by atoms with Gasteiger partial charge in [0.25, 0.3) is 0 Å². The summed E-state index contributed by atoms with van der Waals surface area (Å²) in [5.74, 6) is 0. The Kier molecular flexibility index (Phi) is 2.26. The van der Waals surface area contributed by atoms with E-state index >= 15 is 0 Å². The van der Waals surface area contributed by atoms with Gasteiger partial charge < -0.3 is 14.8 Å². The summed E-state index contributed by atoms with van der Waals surface area (Å²) in [6.45, 7) is 0.715. The molecule has 0 spiro atoms. The van der Waals surface area contributed by atoms with Crippen molar-refractivity contribution in [1.82, 2.24) is 10.3 Å². The van der Waals surface area contributed by atoms with Crippen LogP contribution in [0.3, 0.4) is 0 Å². The number of benzene rings is 1. The molecule has 1 aromatic heterocycles. The van der Waals surface area contributed by atoms with Gasteiger partial charge in [0.1, 0.15) is 0 Å². The number of carbonyl (C=O) groups is 1. The third-order valence-electron chi connectivity index (χ3n) is 3.03. The summed E-state index contributed by atoms with van der Waals surface area (Å²) in [7, 11) is 0. The molecule has 88 valence electrons. The average molecular weight is 232 g/mol. The van der Waals surface area contributed by atoms with Crippen molar-refractivity contribution in [2.75, 3.05) is 6.54 Å². The van der Waals surface area contributed by atoms with Crippen molar-refractivity contribution < 1.29 is 14.6 Å². The second kappa shape index (κ2) is 3.78. The fourth-order valence-electron chi connectivity index (χ4n) is 2.35. The topological polar surface area (TPSA) is 74.3 Å². The highest BCUT2D eigenvalue weighted by molar-refractivity contribution is 5.85. The molecule has 1 atom stereocenters. The fraction of sp³-hybridized carbons (Fsp3) is 0.250. The zero-order chi connectivity index (χ0) is 11.8. The monoisotopic (exact) mass is 232 g/mol. The molecule has 0 saturated heterocycles. The molecule has 0 aliphatic carbocycles. The second-order valence-corrected chi connectivity index (χ2v) is 4.03. The summed E-state index contributed by atoms with van der Waals surface area (Å²) in [4.78, 5) is 13.8. The number of H-pyrrole nitrogens is 1. The van der Waals surface area contributed by atoms with Crippen molar-refractivity contribution >= 4 is 17.1 Å². The molecule has 1 aliphatic heterocycles. The number of rotatable bonds is 1. The summed E-state index contributed by atoms with van der Waals surface area (Å²) in [5.41, 5.74) is 2.98. The van der Waals surface area contributed by atoms with Gasteiger partial charge in [0, 0.05) is 17.4 Å². The summed E-state index contributed by atoms with van der Waals surface area (Å²) in [6, 6.07) is 7.94. The summed E-state index contributed by atoms with van der Waals surface area (Å²) < 4.78 is 4.82. The van der Waals surface area contributed by atoms with Gasteiger partial charge in [-0.1, -0.05) is 18.2 Å². The fourth-order valence-corrected chi connectivity index (χ4v) is 2.35. The third kappa shape index (κ3) is 1.64. The number of fused-ring (bicyclic) bond motifs is 3. The molecule has 5 nitrogen and oxygen atoms in total. The van der Waals surface area contributed by atoms with Gasteiger partial charge in [0.05, 0.1) is 5.69 Å². The normalized spacial score (nSPS) is 18.9. The van der Waals surface area contributed by atoms with E-state index in [-0.39, 0.29) is 0 Å². The van der Waals surface area contributed by atoms with Crippen LogP contribution in [-0.2, 0) is 11.2 Å². The first-order valence-electron chi connectivity index (χ1n) is 5.48. The predicted molar refractivity (Wildman–Crippen MR) is 61.9 cm³/mol. The number of carboxylic acid groups (broad SMARTS) is 1. The molecule has 0 saturated carbocycles. The quantitative estimate of drug-likeness (QED) is 0.657. The zero-order valence-corrected chi connectivity index (χ0v) is 9.06. The van der Waals surface area contributed by atoms with Crippen LogP contribution in [0.4, 0.5) is 4.79 Å². The molecule has 0 radical (unpaired) electrons. The third-order valence-corrected chi connectivity index (χ3v) is 3.03. The first kappa shape index (κ1) is 10.2. The van der Waals surface area contributed by atoms with Gasteiger partial charge in [-0.2, -0.15) is 0 Å². The lowest BCUT2D eigenvalue weighted by Gasteiger charge is -2.22. The minimum Gasteiger partial charge on any atom is -0.450 e. The maximum Gasteiger partial charge on any atom is 0.507 e. The van der Waals surface area contributed by atoms with Gasteiger partial charge in [-0.25, -0.2) is 4.79 Å². The van der Waals surface area contributed by atoms with Crippen LogP contribution in [0.25, 0.3) is 10.9 Å². The van der Waals surface area contributed by atoms with Gasteiger partial charge in [-0.05, 0) is 18.1 Å². The van der Waals surface area contributed by atoms with Crippen LogP contribution in [0.15, 0.2) is 24.3 Å². The van der Waals surface area contributed by atoms with Crippen LogP contribution in [0, 0.1) is 0 Å². The molecule has 2 heterocycles. The number of aromatic amines is 1. The van der Waals surface area contributed by atoms with E-state index in [0.29, 0.717) is 6.54 Å². The van der Waals surface area contributed by atoms with Crippen LogP contribution < -0.4 is 5.32 Å². The van der Waals surface area contributed by atoms with E-state index in [1.54, 1.807) is 0 Å². The maximum atomic E-state index is 10.6.